The fraction of sp³-hybridized carbons (Fsp3) is 0.235. The Morgan fingerprint density at radius 2 is 1.89 bits per heavy atom. The molecule has 98 valence electrons. The first kappa shape index (κ1) is 13.3. The van der Waals surface area contributed by atoms with Crippen LogP contribution in [0.4, 0.5) is 0 Å². The van der Waals surface area contributed by atoms with Crippen molar-refractivity contribution in [1.29, 1.82) is 0 Å². The summed E-state index contributed by atoms with van der Waals surface area (Å²) in [7, 11) is 0. The molecule has 0 spiro atoms. The number of aliphatic carboxylic acids is 1. The molecule has 2 nitrogen and oxygen atoms in total. The fourth-order valence-corrected chi connectivity index (χ4v) is 2.14. The average molecular weight is 254 g/mol. The number of aryl methyl sites for hydroxylation is 1. The van der Waals surface area contributed by atoms with Crippen LogP contribution in [0.5, 0.6) is 0 Å². The van der Waals surface area contributed by atoms with Gasteiger partial charge in [0.05, 0.1) is 5.92 Å². The first-order valence-corrected chi connectivity index (χ1v) is 6.44. The van der Waals surface area contributed by atoms with Crippen molar-refractivity contribution in [1.82, 2.24) is 0 Å². The first-order chi connectivity index (χ1) is 9.08. The lowest BCUT2D eigenvalue weighted by Crippen LogP contribution is -2.07. The minimum absolute atomic E-state index is 0.461. The molecule has 2 heteroatoms. The van der Waals surface area contributed by atoms with Crippen LogP contribution in [0.2, 0.25) is 0 Å². The monoisotopic (exact) mass is 254 g/mol. The highest BCUT2D eigenvalue weighted by molar-refractivity contribution is 5.75. The maximum absolute atomic E-state index is 11.0. The normalized spacial score (nSPS) is 12.1. The van der Waals surface area contributed by atoms with Crippen molar-refractivity contribution < 1.29 is 9.90 Å². The number of carboxylic acids is 1. The Labute approximate surface area is 113 Å². The molecule has 0 heterocycles. The van der Waals surface area contributed by atoms with Gasteiger partial charge in [0.2, 0.25) is 0 Å². The van der Waals surface area contributed by atoms with Gasteiger partial charge in [0.1, 0.15) is 0 Å². The van der Waals surface area contributed by atoms with E-state index in [1.54, 1.807) is 6.92 Å². The van der Waals surface area contributed by atoms with Gasteiger partial charge in [-0.3, -0.25) is 4.79 Å². The van der Waals surface area contributed by atoms with Crippen LogP contribution in [0.25, 0.3) is 0 Å². The van der Waals surface area contributed by atoms with Crippen molar-refractivity contribution >= 4 is 5.97 Å². The van der Waals surface area contributed by atoms with Crippen molar-refractivity contribution in [3.63, 3.8) is 0 Å². The molecule has 0 saturated heterocycles. The Morgan fingerprint density at radius 3 is 2.58 bits per heavy atom. The summed E-state index contributed by atoms with van der Waals surface area (Å²) in [6.07, 6.45) is 0.840. The van der Waals surface area contributed by atoms with Crippen LogP contribution in [0.1, 0.15) is 35.1 Å². The summed E-state index contributed by atoms with van der Waals surface area (Å²) >= 11 is 0. The van der Waals surface area contributed by atoms with Crippen LogP contribution >= 0.6 is 0 Å². The van der Waals surface area contributed by atoms with Crippen LogP contribution in [0.15, 0.2) is 48.5 Å². The number of rotatable bonds is 4. The smallest absolute Gasteiger partial charge is 0.310 e. The van der Waals surface area contributed by atoms with E-state index in [0.29, 0.717) is 0 Å². The van der Waals surface area contributed by atoms with Gasteiger partial charge in [0.15, 0.2) is 0 Å². The molecular weight excluding hydrogens is 236 g/mol. The maximum Gasteiger partial charge on any atom is 0.310 e. The second kappa shape index (κ2) is 5.70. The molecule has 0 aromatic heterocycles. The van der Waals surface area contributed by atoms with E-state index in [-0.39, 0.29) is 0 Å². The molecule has 2 aromatic rings. The van der Waals surface area contributed by atoms with E-state index in [2.05, 4.69) is 19.1 Å². The Balaban J connectivity index is 2.25. The van der Waals surface area contributed by atoms with E-state index in [4.69, 9.17) is 5.11 Å². The van der Waals surface area contributed by atoms with Gasteiger partial charge in [-0.25, -0.2) is 0 Å². The van der Waals surface area contributed by atoms with Crippen molar-refractivity contribution in [2.75, 3.05) is 0 Å². The summed E-state index contributed by atoms with van der Waals surface area (Å²) in [6, 6.07) is 16.1. The molecule has 0 radical (unpaired) electrons. The molecule has 0 bridgehead atoms. The largest absolute Gasteiger partial charge is 0.481 e. The summed E-state index contributed by atoms with van der Waals surface area (Å²) in [6.45, 7) is 3.81. The zero-order chi connectivity index (χ0) is 13.8. The lowest BCUT2D eigenvalue weighted by molar-refractivity contribution is -0.138. The molecule has 19 heavy (non-hydrogen) atoms. The predicted molar refractivity (Wildman–Crippen MR) is 76.5 cm³/mol. The molecule has 0 aliphatic heterocycles. The number of carboxylic acid groups (broad SMARTS) is 1. The van der Waals surface area contributed by atoms with Crippen molar-refractivity contribution in [2.24, 2.45) is 0 Å². The number of hydrogen-bond acceptors (Lipinski definition) is 1. The van der Waals surface area contributed by atoms with Gasteiger partial charge in [-0.05, 0) is 42.5 Å². The van der Waals surface area contributed by atoms with Crippen LogP contribution in [0, 0.1) is 6.92 Å². The van der Waals surface area contributed by atoms with E-state index in [1.165, 1.54) is 11.1 Å². The van der Waals surface area contributed by atoms with Gasteiger partial charge in [-0.2, -0.15) is 0 Å². The summed E-state index contributed by atoms with van der Waals surface area (Å²) < 4.78 is 0. The topological polar surface area (TPSA) is 37.3 Å². The summed E-state index contributed by atoms with van der Waals surface area (Å²) in [5.41, 5.74) is 4.56. The third-order valence-electron chi connectivity index (χ3n) is 3.48. The molecule has 0 aliphatic rings. The summed E-state index contributed by atoms with van der Waals surface area (Å²) in [5, 5.41) is 9.06. The highest BCUT2D eigenvalue weighted by Gasteiger charge is 2.13. The second-order valence-electron chi connectivity index (χ2n) is 4.91. The van der Waals surface area contributed by atoms with Crippen LogP contribution in [-0.4, -0.2) is 11.1 Å². The molecule has 1 N–H and O–H groups in total. The Morgan fingerprint density at radius 1 is 1.16 bits per heavy atom. The zero-order valence-corrected chi connectivity index (χ0v) is 11.3. The standard InChI is InChI=1S/C17H18O2/c1-12-6-3-4-8-15(12)10-14-7-5-9-16(11-14)13(2)17(18)19/h3-9,11,13H,10H2,1-2H3,(H,18,19). The summed E-state index contributed by atoms with van der Waals surface area (Å²) in [5.74, 6) is -1.25. The van der Waals surface area contributed by atoms with E-state index in [1.807, 2.05) is 36.4 Å². The SMILES string of the molecule is Cc1ccccc1Cc1cccc(C(C)C(=O)O)c1. The highest BCUT2D eigenvalue weighted by Crippen LogP contribution is 2.19. The molecule has 2 aromatic carbocycles. The zero-order valence-electron chi connectivity index (χ0n) is 11.3. The average Bonchev–Trinajstić information content (AvgIpc) is 2.41. The number of benzene rings is 2. The van der Waals surface area contributed by atoms with Gasteiger partial charge in [-0.1, -0.05) is 48.5 Å². The fourth-order valence-electron chi connectivity index (χ4n) is 2.14. The quantitative estimate of drug-likeness (QED) is 0.901. The van der Waals surface area contributed by atoms with E-state index < -0.39 is 11.9 Å². The molecule has 0 saturated carbocycles. The molecule has 2 rings (SSSR count). The third kappa shape index (κ3) is 3.22. The van der Waals surface area contributed by atoms with Crippen LogP contribution in [0.3, 0.4) is 0 Å². The molecular formula is C17H18O2. The summed E-state index contributed by atoms with van der Waals surface area (Å²) in [4.78, 5) is 11.0. The van der Waals surface area contributed by atoms with Gasteiger partial charge in [0, 0.05) is 0 Å². The lowest BCUT2D eigenvalue weighted by atomic mass is 9.95. The molecule has 1 unspecified atom stereocenters. The van der Waals surface area contributed by atoms with Crippen LogP contribution < -0.4 is 0 Å². The number of hydrogen-bond donors (Lipinski definition) is 1. The van der Waals surface area contributed by atoms with Crippen molar-refractivity contribution in [3.8, 4) is 0 Å². The Kier molecular flexibility index (Phi) is 4.00. The molecule has 0 aliphatic carbocycles. The predicted octanol–water partition coefficient (Wildman–Crippen LogP) is 3.77. The minimum Gasteiger partial charge on any atom is -0.481 e. The van der Waals surface area contributed by atoms with Crippen molar-refractivity contribution in [2.45, 2.75) is 26.2 Å². The van der Waals surface area contributed by atoms with Gasteiger partial charge in [0.25, 0.3) is 0 Å². The molecule has 0 fully saturated rings. The Bertz CT molecular complexity index is 587. The number of carbonyl (C=O) groups is 1. The van der Waals surface area contributed by atoms with Crippen LogP contribution in [-0.2, 0) is 11.2 Å². The minimum atomic E-state index is -0.784. The second-order valence-corrected chi connectivity index (χ2v) is 4.91. The maximum atomic E-state index is 11.0. The van der Waals surface area contributed by atoms with E-state index in [0.717, 1.165) is 17.5 Å². The van der Waals surface area contributed by atoms with Crippen molar-refractivity contribution in [3.05, 3.63) is 70.8 Å². The first-order valence-electron chi connectivity index (χ1n) is 6.44. The lowest BCUT2D eigenvalue weighted by Gasteiger charge is -2.10. The van der Waals surface area contributed by atoms with Gasteiger partial charge in [-0.15, -0.1) is 0 Å². The molecule has 1 atom stereocenters. The molecule has 0 amide bonds. The van der Waals surface area contributed by atoms with Gasteiger partial charge >= 0.3 is 5.97 Å². The third-order valence-corrected chi connectivity index (χ3v) is 3.48. The highest BCUT2D eigenvalue weighted by atomic mass is 16.4. The van der Waals surface area contributed by atoms with Gasteiger partial charge < -0.3 is 5.11 Å². The van der Waals surface area contributed by atoms with E-state index in [9.17, 15) is 4.79 Å². The van der Waals surface area contributed by atoms with E-state index >= 15 is 0 Å². The Hall–Kier alpha value is -2.09.